The molecule has 2 heterocycles. The zero-order valence-electron chi connectivity index (χ0n) is 15.5. The fourth-order valence-corrected chi connectivity index (χ4v) is 6.68. The second-order valence-corrected chi connectivity index (χ2v) is 10.9. The number of nitrogens with zero attached hydrogens (tertiary/aromatic N) is 2. The number of hydrogen-bond acceptors (Lipinski definition) is 5. The third-order valence-electron chi connectivity index (χ3n) is 5.35. The first-order chi connectivity index (χ1) is 13.3. The summed E-state index contributed by atoms with van der Waals surface area (Å²) >= 11 is 7.07. The summed E-state index contributed by atoms with van der Waals surface area (Å²) in [4.78, 5) is 15.2. The highest BCUT2D eigenvalue weighted by molar-refractivity contribution is 7.91. The Bertz CT molecular complexity index is 998. The van der Waals surface area contributed by atoms with Crippen LogP contribution in [0.5, 0.6) is 0 Å². The fraction of sp³-hybridized carbons (Fsp3) is 0.421. The molecule has 1 aromatic heterocycles. The highest BCUT2D eigenvalue weighted by Crippen LogP contribution is 2.33. The average Bonchev–Trinajstić information content (AvgIpc) is 3.30. The first-order valence-electron chi connectivity index (χ1n) is 9.22. The predicted molar refractivity (Wildman–Crippen MR) is 111 cm³/mol. The van der Waals surface area contributed by atoms with Gasteiger partial charge in [0.15, 0.2) is 0 Å². The fourth-order valence-electron chi connectivity index (χ4n) is 3.70. The summed E-state index contributed by atoms with van der Waals surface area (Å²) in [5.41, 5.74) is 2.24. The van der Waals surface area contributed by atoms with Crippen molar-refractivity contribution < 1.29 is 13.2 Å². The summed E-state index contributed by atoms with van der Waals surface area (Å²) in [6.45, 7) is 2.37. The smallest absolute Gasteiger partial charge is 0.261 e. The Morgan fingerprint density at radius 2 is 1.93 bits per heavy atom. The number of rotatable bonds is 4. The SMILES string of the molecule is CN1CCN(S(=O)(=O)c2ccc(C(=O)N[C@@H]3CCc4cc(Cl)ccc43)s2)CC1. The Kier molecular flexibility index (Phi) is 5.50. The topological polar surface area (TPSA) is 69.7 Å². The summed E-state index contributed by atoms with van der Waals surface area (Å²) in [5, 5.41) is 3.73. The molecule has 1 fully saturated rings. The number of hydrogen-bond donors (Lipinski definition) is 1. The molecule has 0 saturated carbocycles. The van der Waals surface area contributed by atoms with Gasteiger partial charge in [-0.05, 0) is 55.3 Å². The summed E-state index contributed by atoms with van der Waals surface area (Å²) in [6, 6.07) is 8.79. The largest absolute Gasteiger partial charge is 0.345 e. The molecule has 2 aliphatic rings. The minimum absolute atomic E-state index is 0.0699. The lowest BCUT2D eigenvalue weighted by Crippen LogP contribution is -2.46. The van der Waals surface area contributed by atoms with Gasteiger partial charge in [-0.15, -0.1) is 11.3 Å². The minimum atomic E-state index is -3.55. The molecule has 28 heavy (non-hydrogen) atoms. The molecular weight excluding hydrogens is 418 g/mol. The van der Waals surface area contributed by atoms with Crippen LogP contribution in [0.1, 0.15) is 33.3 Å². The molecule has 6 nitrogen and oxygen atoms in total. The molecule has 1 saturated heterocycles. The molecule has 1 atom stereocenters. The maximum absolute atomic E-state index is 12.8. The van der Waals surface area contributed by atoms with Crippen LogP contribution in [0.4, 0.5) is 0 Å². The van der Waals surface area contributed by atoms with Crippen LogP contribution in [-0.2, 0) is 16.4 Å². The van der Waals surface area contributed by atoms with Crippen molar-refractivity contribution in [3.63, 3.8) is 0 Å². The monoisotopic (exact) mass is 439 g/mol. The van der Waals surface area contributed by atoms with Crippen LogP contribution in [0.25, 0.3) is 0 Å². The molecule has 2 aromatic rings. The summed E-state index contributed by atoms with van der Waals surface area (Å²) in [5.74, 6) is -0.238. The van der Waals surface area contributed by atoms with E-state index >= 15 is 0 Å². The van der Waals surface area contributed by atoms with E-state index in [1.165, 1.54) is 10.4 Å². The van der Waals surface area contributed by atoms with Crippen LogP contribution in [0.3, 0.4) is 0 Å². The number of halogens is 1. The number of carbonyl (C=O) groups is 1. The molecule has 0 radical (unpaired) electrons. The number of aryl methyl sites for hydroxylation is 1. The zero-order valence-corrected chi connectivity index (χ0v) is 17.9. The number of amides is 1. The van der Waals surface area contributed by atoms with Crippen molar-refractivity contribution in [1.82, 2.24) is 14.5 Å². The van der Waals surface area contributed by atoms with Gasteiger partial charge in [-0.3, -0.25) is 4.79 Å². The average molecular weight is 440 g/mol. The van der Waals surface area contributed by atoms with Gasteiger partial charge in [0, 0.05) is 31.2 Å². The molecule has 0 unspecified atom stereocenters. The van der Waals surface area contributed by atoms with Gasteiger partial charge in [0.1, 0.15) is 4.21 Å². The predicted octanol–water partition coefficient (Wildman–Crippen LogP) is 2.75. The van der Waals surface area contributed by atoms with E-state index in [0.29, 0.717) is 36.1 Å². The highest BCUT2D eigenvalue weighted by atomic mass is 35.5. The summed E-state index contributed by atoms with van der Waals surface area (Å²) < 4.78 is 27.4. The number of carbonyl (C=O) groups excluding carboxylic acids is 1. The molecule has 1 N–H and O–H groups in total. The molecule has 1 amide bonds. The van der Waals surface area contributed by atoms with E-state index in [2.05, 4.69) is 10.2 Å². The molecule has 150 valence electrons. The van der Waals surface area contributed by atoms with Crippen molar-refractivity contribution in [1.29, 1.82) is 0 Å². The molecule has 0 bridgehead atoms. The van der Waals surface area contributed by atoms with Crippen molar-refractivity contribution in [2.45, 2.75) is 23.1 Å². The number of nitrogens with one attached hydrogen (secondary N) is 1. The second-order valence-electron chi connectivity index (χ2n) is 7.23. The second kappa shape index (κ2) is 7.76. The Morgan fingerprint density at radius 3 is 2.68 bits per heavy atom. The van der Waals surface area contributed by atoms with E-state index in [0.717, 1.165) is 35.3 Å². The van der Waals surface area contributed by atoms with Gasteiger partial charge in [-0.1, -0.05) is 17.7 Å². The maximum Gasteiger partial charge on any atom is 0.261 e. The lowest BCUT2D eigenvalue weighted by atomic mass is 10.1. The lowest BCUT2D eigenvalue weighted by molar-refractivity contribution is 0.0941. The number of likely N-dealkylation sites (N-methyl/N-ethyl adjacent to an activating group) is 1. The summed E-state index contributed by atoms with van der Waals surface area (Å²) in [7, 11) is -1.57. The normalized spacial score (nSPS) is 20.9. The molecule has 1 aromatic carbocycles. The van der Waals surface area contributed by atoms with Crippen molar-refractivity contribution in [2.75, 3.05) is 33.2 Å². The van der Waals surface area contributed by atoms with E-state index in [1.54, 1.807) is 6.07 Å². The van der Waals surface area contributed by atoms with E-state index in [1.807, 2.05) is 25.2 Å². The van der Waals surface area contributed by atoms with Crippen LogP contribution in [0.2, 0.25) is 5.02 Å². The van der Waals surface area contributed by atoms with Gasteiger partial charge in [0.25, 0.3) is 15.9 Å². The Labute approximate surface area is 174 Å². The third-order valence-corrected chi connectivity index (χ3v) is 9.03. The van der Waals surface area contributed by atoms with Crippen molar-refractivity contribution >= 4 is 38.9 Å². The molecular formula is C19H22ClN3O3S2. The molecule has 1 aliphatic heterocycles. The number of benzene rings is 1. The maximum atomic E-state index is 12.8. The van der Waals surface area contributed by atoms with Crippen molar-refractivity contribution in [3.05, 3.63) is 51.4 Å². The molecule has 0 spiro atoms. The van der Waals surface area contributed by atoms with Crippen LogP contribution in [0.15, 0.2) is 34.5 Å². The van der Waals surface area contributed by atoms with Gasteiger partial charge in [-0.2, -0.15) is 4.31 Å². The first kappa shape index (κ1) is 19.8. The molecule has 9 heteroatoms. The van der Waals surface area contributed by atoms with Crippen LogP contribution in [-0.4, -0.2) is 56.8 Å². The Balaban J connectivity index is 1.47. The first-order valence-corrected chi connectivity index (χ1v) is 11.9. The molecule has 1 aliphatic carbocycles. The van der Waals surface area contributed by atoms with Crippen LogP contribution >= 0.6 is 22.9 Å². The van der Waals surface area contributed by atoms with Crippen molar-refractivity contribution in [2.24, 2.45) is 0 Å². The van der Waals surface area contributed by atoms with Crippen LogP contribution in [0, 0.1) is 0 Å². The lowest BCUT2D eigenvalue weighted by Gasteiger charge is -2.31. The molecule has 4 rings (SSSR count). The van der Waals surface area contributed by atoms with E-state index in [4.69, 9.17) is 11.6 Å². The number of fused-ring (bicyclic) bond motifs is 1. The van der Waals surface area contributed by atoms with Gasteiger partial charge < -0.3 is 10.2 Å². The van der Waals surface area contributed by atoms with E-state index in [9.17, 15) is 13.2 Å². The minimum Gasteiger partial charge on any atom is -0.345 e. The van der Waals surface area contributed by atoms with Crippen LogP contribution < -0.4 is 5.32 Å². The highest BCUT2D eigenvalue weighted by Gasteiger charge is 2.30. The Hall–Kier alpha value is -1.45. The van der Waals surface area contributed by atoms with Crippen molar-refractivity contribution in [3.8, 4) is 0 Å². The van der Waals surface area contributed by atoms with Gasteiger partial charge in [0.2, 0.25) is 0 Å². The van der Waals surface area contributed by atoms with Gasteiger partial charge in [0.05, 0.1) is 10.9 Å². The Morgan fingerprint density at radius 1 is 1.18 bits per heavy atom. The summed E-state index contributed by atoms with van der Waals surface area (Å²) in [6.07, 6.45) is 1.69. The quantitative estimate of drug-likeness (QED) is 0.795. The van der Waals surface area contributed by atoms with Gasteiger partial charge in [-0.25, -0.2) is 8.42 Å². The van der Waals surface area contributed by atoms with Gasteiger partial charge >= 0.3 is 0 Å². The van der Waals surface area contributed by atoms with E-state index < -0.39 is 10.0 Å². The number of piperazine rings is 1. The zero-order chi connectivity index (χ0) is 19.9. The standard InChI is InChI=1S/C19H22ClN3O3S2/c1-22-8-10-23(11-9-22)28(25,26)18-7-6-17(27-18)19(24)21-16-5-2-13-12-14(20)3-4-15(13)16/h3-4,6-7,12,16H,2,5,8-11H2,1H3,(H,21,24)/t16-/m1/s1. The number of sulfonamides is 1. The number of thiophene rings is 1. The third kappa shape index (κ3) is 3.84. The van der Waals surface area contributed by atoms with E-state index in [-0.39, 0.29) is 16.2 Å².